The molecule has 1 fully saturated rings. The third kappa shape index (κ3) is 4.33. The Morgan fingerprint density at radius 3 is 1.82 bits per heavy atom. The number of hydrogen-bond acceptors (Lipinski definition) is 1. The van der Waals surface area contributed by atoms with Crippen molar-refractivity contribution in [3.63, 3.8) is 0 Å². The van der Waals surface area contributed by atoms with Gasteiger partial charge in [-0.3, -0.25) is 4.79 Å². The molecule has 1 aliphatic rings. The monoisotopic (exact) mass is 242 g/mol. The van der Waals surface area contributed by atoms with Crippen LogP contribution in [0.25, 0.3) is 0 Å². The molecule has 1 saturated carbocycles. The van der Waals surface area contributed by atoms with Crippen LogP contribution in [0.4, 0.5) is 0 Å². The number of aliphatic carboxylic acids is 1. The molecule has 0 radical (unpaired) electrons. The highest BCUT2D eigenvalue weighted by atomic mass is 16.4. The van der Waals surface area contributed by atoms with Crippen molar-refractivity contribution in [2.45, 2.75) is 67.2 Å². The molecule has 0 atom stereocenters. The van der Waals surface area contributed by atoms with Crippen molar-refractivity contribution >= 4 is 5.97 Å². The van der Waals surface area contributed by atoms with Crippen molar-refractivity contribution < 1.29 is 9.90 Å². The van der Waals surface area contributed by atoms with Crippen molar-refractivity contribution in [3.05, 3.63) is 0 Å². The second-order valence-corrected chi connectivity index (χ2v) is 5.88. The van der Waals surface area contributed by atoms with E-state index in [0.29, 0.717) is 5.92 Å². The molecular formula is C15H30O2. The summed E-state index contributed by atoms with van der Waals surface area (Å²) in [6.07, 6.45) is 4.59. The predicted molar refractivity (Wildman–Crippen MR) is 73.1 cm³/mol. The molecule has 0 heterocycles. The van der Waals surface area contributed by atoms with Crippen molar-refractivity contribution in [1.82, 2.24) is 0 Å². The molecule has 0 amide bonds. The molecule has 2 nitrogen and oxygen atoms in total. The average Bonchev–Trinajstić information content (AvgIpc) is 2.31. The first kappa shape index (κ1) is 16.5. The first-order chi connectivity index (χ1) is 7.85. The second-order valence-electron chi connectivity index (χ2n) is 5.88. The Hall–Kier alpha value is -0.530. The lowest BCUT2D eigenvalue weighted by Gasteiger charge is -2.37. The summed E-state index contributed by atoms with van der Waals surface area (Å²) in [6.45, 7) is 12.3. The van der Waals surface area contributed by atoms with Gasteiger partial charge in [-0.05, 0) is 57.3 Å². The Labute approximate surface area is 107 Å². The molecule has 1 aliphatic carbocycles. The Bertz CT molecular complexity index is 223. The molecule has 0 aromatic carbocycles. The fourth-order valence-corrected chi connectivity index (χ4v) is 2.68. The van der Waals surface area contributed by atoms with Crippen molar-refractivity contribution in [2.24, 2.45) is 23.2 Å². The number of hydrogen-bond donors (Lipinski definition) is 1. The van der Waals surface area contributed by atoms with E-state index in [1.807, 2.05) is 27.7 Å². The van der Waals surface area contributed by atoms with Gasteiger partial charge in [0.05, 0.1) is 5.41 Å². The smallest absolute Gasteiger partial charge is 0.309 e. The first-order valence-electron chi connectivity index (χ1n) is 7.09. The summed E-state index contributed by atoms with van der Waals surface area (Å²) in [4.78, 5) is 11.1. The fourth-order valence-electron chi connectivity index (χ4n) is 2.68. The summed E-state index contributed by atoms with van der Waals surface area (Å²) in [5.41, 5.74) is -0.540. The van der Waals surface area contributed by atoms with Gasteiger partial charge in [0.2, 0.25) is 0 Å². The number of carbonyl (C=O) groups is 1. The zero-order valence-electron chi connectivity index (χ0n) is 12.4. The SMILES string of the molecule is CC.CC(C)C1CCC(C(C)(C)C(=O)O)CC1. The Kier molecular flexibility index (Phi) is 6.81. The van der Waals surface area contributed by atoms with Crippen molar-refractivity contribution in [2.75, 3.05) is 0 Å². The summed E-state index contributed by atoms with van der Waals surface area (Å²) < 4.78 is 0. The van der Waals surface area contributed by atoms with Crippen LogP contribution in [0.2, 0.25) is 0 Å². The van der Waals surface area contributed by atoms with Gasteiger partial charge in [0.15, 0.2) is 0 Å². The third-order valence-electron chi connectivity index (χ3n) is 4.29. The van der Waals surface area contributed by atoms with E-state index in [1.165, 1.54) is 12.8 Å². The Morgan fingerprint density at radius 1 is 1.12 bits per heavy atom. The lowest BCUT2D eigenvalue weighted by atomic mass is 9.67. The Balaban J connectivity index is 0.00000121. The molecule has 1 N–H and O–H groups in total. The van der Waals surface area contributed by atoms with E-state index in [-0.39, 0.29) is 0 Å². The van der Waals surface area contributed by atoms with E-state index >= 15 is 0 Å². The topological polar surface area (TPSA) is 37.3 Å². The molecule has 0 spiro atoms. The summed E-state index contributed by atoms with van der Waals surface area (Å²) in [7, 11) is 0. The highest BCUT2D eigenvalue weighted by Crippen LogP contribution is 2.42. The van der Waals surface area contributed by atoms with Crippen LogP contribution in [0.1, 0.15) is 67.2 Å². The lowest BCUT2D eigenvalue weighted by Crippen LogP contribution is -2.35. The molecule has 0 bridgehead atoms. The van der Waals surface area contributed by atoms with E-state index in [1.54, 1.807) is 0 Å². The van der Waals surface area contributed by atoms with Crippen LogP contribution < -0.4 is 0 Å². The molecule has 1 rings (SSSR count). The van der Waals surface area contributed by atoms with Crippen LogP contribution in [0.5, 0.6) is 0 Å². The molecule has 17 heavy (non-hydrogen) atoms. The van der Waals surface area contributed by atoms with Gasteiger partial charge in [0.25, 0.3) is 0 Å². The second kappa shape index (κ2) is 7.03. The standard InChI is InChI=1S/C13H24O2.C2H6/c1-9(2)10-5-7-11(8-6-10)13(3,4)12(14)15;1-2/h9-11H,5-8H2,1-4H3,(H,14,15);1-2H3. The van der Waals surface area contributed by atoms with Gasteiger partial charge in [-0.1, -0.05) is 27.7 Å². The van der Waals surface area contributed by atoms with Crippen LogP contribution in [0.15, 0.2) is 0 Å². The molecule has 0 saturated heterocycles. The van der Waals surface area contributed by atoms with Gasteiger partial charge in [-0.15, -0.1) is 0 Å². The Morgan fingerprint density at radius 2 is 1.53 bits per heavy atom. The van der Waals surface area contributed by atoms with Gasteiger partial charge in [-0.25, -0.2) is 0 Å². The minimum Gasteiger partial charge on any atom is -0.481 e. The largest absolute Gasteiger partial charge is 0.481 e. The zero-order valence-corrected chi connectivity index (χ0v) is 12.4. The molecule has 0 aliphatic heterocycles. The van der Waals surface area contributed by atoms with Crippen LogP contribution in [-0.2, 0) is 4.79 Å². The average molecular weight is 242 g/mol. The van der Waals surface area contributed by atoms with Gasteiger partial charge in [0.1, 0.15) is 0 Å². The summed E-state index contributed by atoms with van der Waals surface area (Å²) in [5.74, 6) is 1.28. The van der Waals surface area contributed by atoms with E-state index in [9.17, 15) is 4.79 Å². The molecule has 0 unspecified atom stereocenters. The summed E-state index contributed by atoms with van der Waals surface area (Å²) >= 11 is 0. The van der Waals surface area contributed by atoms with Crippen LogP contribution in [0.3, 0.4) is 0 Å². The highest BCUT2D eigenvalue weighted by Gasteiger charge is 2.39. The molecule has 0 aromatic heterocycles. The number of rotatable bonds is 3. The van der Waals surface area contributed by atoms with Crippen molar-refractivity contribution in [3.8, 4) is 0 Å². The van der Waals surface area contributed by atoms with Crippen LogP contribution in [-0.4, -0.2) is 11.1 Å². The van der Waals surface area contributed by atoms with Crippen LogP contribution >= 0.6 is 0 Å². The number of carboxylic acid groups (broad SMARTS) is 1. The maximum absolute atomic E-state index is 11.1. The highest BCUT2D eigenvalue weighted by molar-refractivity contribution is 5.74. The molecule has 0 aromatic rings. The van der Waals surface area contributed by atoms with Gasteiger partial charge in [0, 0.05) is 0 Å². The van der Waals surface area contributed by atoms with E-state index in [4.69, 9.17) is 5.11 Å². The predicted octanol–water partition coefficient (Wildman–Crippen LogP) is 4.59. The van der Waals surface area contributed by atoms with E-state index < -0.39 is 11.4 Å². The quantitative estimate of drug-likeness (QED) is 0.786. The van der Waals surface area contributed by atoms with Crippen molar-refractivity contribution in [1.29, 1.82) is 0 Å². The first-order valence-corrected chi connectivity index (χ1v) is 7.09. The fraction of sp³-hybridized carbons (Fsp3) is 0.933. The van der Waals surface area contributed by atoms with E-state index in [0.717, 1.165) is 24.7 Å². The lowest BCUT2D eigenvalue weighted by molar-refractivity contribution is -0.151. The minimum atomic E-state index is -0.643. The van der Waals surface area contributed by atoms with Crippen LogP contribution in [0, 0.1) is 23.2 Å². The molecule has 2 heteroatoms. The molecular weight excluding hydrogens is 212 g/mol. The third-order valence-corrected chi connectivity index (χ3v) is 4.29. The minimum absolute atomic E-state index is 0.366. The molecule has 102 valence electrons. The van der Waals surface area contributed by atoms with Gasteiger partial charge in [-0.2, -0.15) is 0 Å². The summed E-state index contributed by atoms with van der Waals surface area (Å²) in [5, 5.41) is 9.17. The number of carboxylic acids is 1. The maximum Gasteiger partial charge on any atom is 0.309 e. The normalized spacial score (nSPS) is 25.1. The zero-order chi connectivity index (χ0) is 13.6. The van der Waals surface area contributed by atoms with Gasteiger partial charge < -0.3 is 5.11 Å². The van der Waals surface area contributed by atoms with E-state index in [2.05, 4.69) is 13.8 Å². The summed E-state index contributed by atoms with van der Waals surface area (Å²) in [6, 6.07) is 0. The van der Waals surface area contributed by atoms with Gasteiger partial charge >= 0.3 is 5.97 Å². The maximum atomic E-state index is 11.1.